The van der Waals surface area contributed by atoms with Gasteiger partial charge in [0.1, 0.15) is 12.1 Å². The molecule has 0 saturated heterocycles. The molecule has 0 spiro atoms. The van der Waals surface area contributed by atoms with E-state index in [9.17, 15) is 14.4 Å². The molecule has 0 saturated carbocycles. The smallest absolute Gasteiger partial charge is 0.335 e. The zero-order valence-corrected chi connectivity index (χ0v) is 19.6. The molecule has 0 aliphatic rings. The summed E-state index contributed by atoms with van der Waals surface area (Å²) in [6.45, 7) is 5.23. The number of primary amides is 1. The third-order valence-corrected chi connectivity index (χ3v) is 5.79. The zero-order chi connectivity index (χ0) is 24.6. The molecule has 174 valence electrons. The van der Waals surface area contributed by atoms with Crippen LogP contribution in [0.5, 0.6) is 0 Å². The molecule has 10 heteroatoms. The minimum atomic E-state index is -0.879. The van der Waals surface area contributed by atoms with Crippen molar-refractivity contribution < 1.29 is 14.3 Å². The van der Waals surface area contributed by atoms with Gasteiger partial charge < -0.3 is 10.5 Å². The van der Waals surface area contributed by atoms with Gasteiger partial charge in [0, 0.05) is 5.56 Å². The van der Waals surface area contributed by atoms with Crippen LogP contribution in [0.1, 0.15) is 28.5 Å². The van der Waals surface area contributed by atoms with E-state index >= 15 is 0 Å². The number of carbonyl (C=O) groups is 2. The number of fused-ring (bicyclic) bond motifs is 1. The Balaban J connectivity index is 2.12. The molecular weight excluding hydrogens is 458 g/mol. The quantitative estimate of drug-likeness (QED) is 0.424. The number of imidazole rings is 1. The summed E-state index contributed by atoms with van der Waals surface area (Å²) in [5.74, 6) is -1.40. The molecule has 0 aliphatic heterocycles. The van der Waals surface area contributed by atoms with E-state index in [0.717, 1.165) is 15.7 Å². The number of aryl methyl sites for hydroxylation is 2. The Labute approximate surface area is 199 Å². The van der Waals surface area contributed by atoms with Gasteiger partial charge in [0.2, 0.25) is 0 Å². The molecule has 0 aliphatic carbocycles. The van der Waals surface area contributed by atoms with Crippen molar-refractivity contribution in [1.82, 2.24) is 19.1 Å². The predicted molar refractivity (Wildman–Crippen MR) is 128 cm³/mol. The van der Waals surface area contributed by atoms with Gasteiger partial charge in [-0.15, -0.1) is 0 Å². The summed E-state index contributed by atoms with van der Waals surface area (Å²) in [7, 11) is 0. The fourth-order valence-corrected chi connectivity index (χ4v) is 3.89. The van der Waals surface area contributed by atoms with Crippen molar-refractivity contribution in [3.05, 3.63) is 74.8 Å². The average Bonchev–Trinajstić information content (AvgIpc) is 3.06. The molecule has 2 aromatic carbocycles. The summed E-state index contributed by atoms with van der Waals surface area (Å²) >= 11 is 6.35. The number of halogens is 1. The third-order valence-electron chi connectivity index (χ3n) is 5.46. The highest BCUT2D eigenvalue weighted by Crippen LogP contribution is 2.28. The lowest BCUT2D eigenvalue weighted by Gasteiger charge is -2.09. The predicted octanol–water partition coefficient (Wildman–Crippen LogP) is 3.18. The second-order valence-corrected chi connectivity index (χ2v) is 8.10. The maximum absolute atomic E-state index is 13.6. The number of hydrogen-bond donors (Lipinski definition) is 1. The molecular formula is C24H22ClN5O4. The van der Waals surface area contributed by atoms with Crippen LogP contribution in [-0.2, 0) is 16.1 Å². The Kier molecular flexibility index (Phi) is 6.21. The lowest BCUT2D eigenvalue weighted by atomic mass is 10.1. The molecule has 0 atom stereocenters. The highest BCUT2D eigenvalue weighted by Gasteiger charge is 2.26. The zero-order valence-electron chi connectivity index (χ0n) is 18.8. The first kappa shape index (κ1) is 23.2. The van der Waals surface area contributed by atoms with E-state index < -0.39 is 24.1 Å². The van der Waals surface area contributed by atoms with Gasteiger partial charge in [0.25, 0.3) is 5.91 Å². The number of nitrogens with zero attached hydrogens (tertiary/aromatic N) is 4. The van der Waals surface area contributed by atoms with E-state index in [1.165, 1.54) is 4.57 Å². The third kappa shape index (κ3) is 4.06. The van der Waals surface area contributed by atoms with Gasteiger partial charge in [-0.3, -0.25) is 14.2 Å². The number of esters is 1. The number of amides is 1. The minimum absolute atomic E-state index is 0.0413. The highest BCUT2D eigenvalue weighted by molar-refractivity contribution is 6.33. The monoisotopic (exact) mass is 479 g/mol. The van der Waals surface area contributed by atoms with Gasteiger partial charge in [0.05, 0.1) is 17.3 Å². The van der Waals surface area contributed by atoms with Gasteiger partial charge >= 0.3 is 11.7 Å². The summed E-state index contributed by atoms with van der Waals surface area (Å²) < 4.78 is 7.47. The van der Waals surface area contributed by atoms with E-state index in [2.05, 4.69) is 9.97 Å². The highest BCUT2D eigenvalue weighted by atomic mass is 35.5. The van der Waals surface area contributed by atoms with Crippen molar-refractivity contribution in [3.8, 4) is 17.1 Å². The standard InChI is InChI=1S/C24H22ClN5O4/c1-4-34-18(31)12-29-20-19(21(26)32)27-22(16-7-5-6-8-17(16)25)28-23(20)30(24(29)33)15-10-9-13(2)14(3)11-15/h5-11H,4,12H2,1-3H3,(H2,26,32). The van der Waals surface area contributed by atoms with Crippen LogP contribution in [-0.4, -0.2) is 37.6 Å². The second kappa shape index (κ2) is 9.11. The molecule has 0 fully saturated rings. The first-order chi connectivity index (χ1) is 16.2. The van der Waals surface area contributed by atoms with E-state index in [1.807, 2.05) is 26.0 Å². The van der Waals surface area contributed by atoms with E-state index in [1.54, 1.807) is 37.3 Å². The maximum atomic E-state index is 13.6. The normalized spacial score (nSPS) is 11.1. The minimum Gasteiger partial charge on any atom is -0.465 e. The number of ether oxygens (including phenoxy) is 1. The van der Waals surface area contributed by atoms with Gasteiger partial charge in [-0.1, -0.05) is 29.8 Å². The first-order valence-corrected chi connectivity index (χ1v) is 10.9. The lowest BCUT2D eigenvalue weighted by molar-refractivity contribution is -0.143. The van der Waals surface area contributed by atoms with Crippen molar-refractivity contribution in [2.24, 2.45) is 5.73 Å². The Hall–Kier alpha value is -3.98. The molecule has 1 amide bonds. The van der Waals surface area contributed by atoms with Crippen molar-refractivity contribution >= 4 is 34.6 Å². The van der Waals surface area contributed by atoms with Crippen LogP contribution in [0.2, 0.25) is 5.02 Å². The molecule has 4 rings (SSSR count). The fraction of sp³-hybridized carbons (Fsp3) is 0.208. The summed E-state index contributed by atoms with van der Waals surface area (Å²) in [6, 6.07) is 12.3. The largest absolute Gasteiger partial charge is 0.465 e. The summed E-state index contributed by atoms with van der Waals surface area (Å²) in [5.41, 5.74) is 8.00. The summed E-state index contributed by atoms with van der Waals surface area (Å²) in [5, 5.41) is 0.364. The SMILES string of the molecule is CCOC(=O)Cn1c(=O)n(-c2ccc(C)c(C)c2)c2nc(-c3ccccc3Cl)nc(C(N)=O)c21. The molecule has 2 aromatic heterocycles. The molecule has 34 heavy (non-hydrogen) atoms. The van der Waals surface area contributed by atoms with Crippen molar-refractivity contribution in [2.45, 2.75) is 27.3 Å². The van der Waals surface area contributed by atoms with Crippen LogP contribution in [0.15, 0.2) is 47.3 Å². The Morgan fingerprint density at radius 2 is 1.82 bits per heavy atom. The Morgan fingerprint density at radius 1 is 1.09 bits per heavy atom. The lowest BCUT2D eigenvalue weighted by Crippen LogP contribution is -2.28. The number of aromatic nitrogens is 4. The molecule has 0 bridgehead atoms. The van der Waals surface area contributed by atoms with Crippen molar-refractivity contribution in [2.75, 3.05) is 6.61 Å². The Bertz CT molecular complexity index is 1510. The van der Waals surface area contributed by atoms with Gasteiger partial charge in [-0.05, 0) is 56.2 Å². The van der Waals surface area contributed by atoms with Gasteiger partial charge in [-0.25, -0.2) is 19.3 Å². The van der Waals surface area contributed by atoms with E-state index in [4.69, 9.17) is 22.1 Å². The van der Waals surface area contributed by atoms with Crippen LogP contribution in [0.25, 0.3) is 28.2 Å². The number of carbonyl (C=O) groups excluding carboxylic acids is 2. The van der Waals surface area contributed by atoms with E-state index in [0.29, 0.717) is 16.3 Å². The number of hydrogen-bond acceptors (Lipinski definition) is 6. The van der Waals surface area contributed by atoms with Gasteiger partial charge in [0.15, 0.2) is 17.2 Å². The van der Waals surface area contributed by atoms with Crippen molar-refractivity contribution in [3.63, 3.8) is 0 Å². The average molecular weight is 480 g/mol. The van der Waals surface area contributed by atoms with Crippen LogP contribution in [0.3, 0.4) is 0 Å². The number of benzene rings is 2. The first-order valence-electron chi connectivity index (χ1n) is 10.5. The fourth-order valence-electron chi connectivity index (χ4n) is 3.67. The summed E-state index contributed by atoms with van der Waals surface area (Å²) in [6.07, 6.45) is 0. The van der Waals surface area contributed by atoms with Crippen LogP contribution >= 0.6 is 11.6 Å². The van der Waals surface area contributed by atoms with Gasteiger partial charge in [-0.2, -0.15) is 0 Å². The number of rotatable bonds is 6. The maximum Gasteiger partial charge on any atom is 0.335 e. The van der Waals surface area contributed by atoms with Crippen LogP contribution in [0.4, 0.5) is 0 Å². The Morgan fingerprint density at radius 3 is 2.47 bits per heavy atom. The number of nitrogens with two attached hydrogens (primary N) is 1. The molecule has 0 unspecified atom stereocenters. The van der Waals surface area contributed by atoms with Crippen LogP contribution < -0.4 is 11.4 Å². The molecule has 2 heterocycles. The van der Waals surface area contributed by atoms with E-state index in [-0.39, 0.29) is 29.3 Å². The van der Waals surface area contributed by atoms with Crippen molar-refractivity contribution in [1.29, 1.82) is 0 Å². The summed E-state index contributed by atoms with van der Waals surface area (Å²) in [4.78, 5) is 47.3. The molecule has 4 aromatic rings. The second-order valence-electron chi connectivity index (χ2n) is 7.69. The molecule has 0 radical (unpaired) electrons. The topological polar surface area (TPSA) is 122 Å². The molecule has 2 N–H and O–H groups in total. The molecule has 9 nitrogen and oxygen atoms in total. The van der Waals surface area contributed by atoms with Crippen LogP contribution in [0, 0.1) is 13.8 Å².